The molecule has 0 radical (unpaired) electrons. The topological polar surface area (TPSA) is 24.5 Å². The third kappa shape index (κ3) is 6.02. The van der Waals surface area contributed by atoms with Gasteiger partial charge in [-0.1, -0.05) is 28.1 Å². The zero-order valence-electron chi connectivity index (χ0n) is 13.7. The lowest BCUT2D eigenvalue weighted by Crippen LogP contribution is -2.44. The fourth-order valence-electron chi connectivity index (χ4n) is 3.67. The molecule has 3 rings (SSSR count). The van der Waals surface area contributed by atoms with E-state index in [1.54, 1.807) is 0 Å². The van der Waals surface area contributed by atoms with Crippen molar-refractivity contribution in [3.05, 3.63) is 34.3 Å². The van der Waals surface area contributed by atoms with Crippen molar-refractivity contribution < 1.29 is 4.74 Å². The fourth-order valence-corrected chi connectivity index (χ4v) is 4.12. The molecule has 1 aromatic carbocycles. The molecule has 2 heterocycles. The van der Waals surface area contributed by atoms with Crippen molar-refractivity contribution in [3.8, 4) is 0 Å². The number of halogens is 2. The summed E-state index contributed by atoms with van der Waals surface area (Å²) in [5.74, 6) is 0.795. The smallest absolute Gasteiger partial charge is 0.0480 e. The van der Waals surface area contributed by atoms with Crippen LogP contribution in [0.5, 0.6) is 0 Å². The van der Waals surface area contributed by atoms with Crippen molar-refractivity contribution in [2.75, 3.05) is 32.8 Å². The first-order chi connectivity index (χ1) is 10.8. The van der Waals surface area contributed by atoms with Crippen molar-refractivity contribution in [1.29, 1.82) is 0 Å². The quantitative estimate of drug-likeness (QED) is 0.808. The predicted octanol–water partition coefficient (Wildman–Crippen LogP) is 3.85. The maximum Gasteiger partial charge on any atom is 0.0480 e. The molecular weight excluding hydrogens is 376 g/mol. The van der Waals surface area contributed by atoms with Gasteiger partial charge < -0.3 is 10.1 Å². The number of hydrogen-bond acceptors (Lipinski definition) is 3. The van der Waals surface area contributed by atoms with Gasteiger partial charge in [-0.25, -0.2) is 0 Å². The van der Waals surface area contributed by atoms with E-state index < -0.39 is 0 Å². The maximum atomic E-state index is 5.56. The molecule has 0 spiro atoms. The van der Waals surface area contributed by atoms with Crippen molar-refractivity contribution in [2.24, 2.45) is 5.92 Å². The van der Waals surface area contributed by atoms with Crippen LogP contribution in [0.4, 0.5) is 0 Å². The molecule has 0 bridgehead atoms. The minimum atomic E-state index is 0. The standard InChI is InChI=1S/C18H27BrN2O.ClH/c19-17-5-1-3-15(11-17)13-21(18-6-9-22-10-7-18)14-16-4-2-8-20-12-16;/h1,3,5,11,16,18,20H,2,4,6-10,12-14H2;1H. The zero-order chi connectivity index (χ0) is 15.2. The molecule has 5 heteroatoms. The van der Waals surface area contributed by atoms with Crippen LogP contribution in [0.1, 0.15) is 31.2 Å². The Labute approximate surface area is 154 Å². The van der Waals surface area contributed by atoms with Crippen LogP contribution < -0.4 is 5.32 Å². The number of ether oxygens (including phenoxy) is 1. The molecular formula is C18H28BrClN2O. The van der Waals surface area contributed by atoms with E-state index in [0.717, 1.165) is 25.7 Å². The maximum absolute atomic E-state index is 5.56. The second-order valence-corrected chi connectivity index (χ2v) is 7.53. The number of nitrogens with one attached hydrogen (secondary N) is 1. The molecule has 2 aliphatic rings. The Balaban J connectivity index is 0.00000192. The first-order valence-corrected chi connectivity index (χ1v) is 9.37. The van der Waals surface area contributed by atoms with Gasteiger partial charge in [-0.15, -0.1) is 12.4 Å². The average molecular weight is 404 g/mol. The molecule has 2 fully saturated rings. The van der Waals surface area contributed by atoms with Gasteiger partial charge in [-0.2, -0.15) is 0 Å². The minimum absolute atomic E-state index is 0. The third-order valence-electron chi connectivity index (χ3n) is 4.87. The van der Waals surface area contributed by atoms with E-state index in [2.05, 4.69) is 50.4 Å². The van der Waals surface area contributed by atoms with E-state index >= 15 is 0 Å². The van der Waals surface area contributed by atoms with Gasteiger partial charge in [0.2, 0.25) is 0 Å². The third-order valence-corrected chi connectivity index (χ3v) is 5.37. The average Bonchev–Trinajstić information content (AvgIpc) is 2.56. The molecule has 23 heavy (non-hydrogen) atoms. The lowest BCUT2D eigenvalue weighted by atomic mass is 9.96. The largest absolute Gasteiger partial charge is 0.381 e. The van der Waals surface area contributed by atoms with E-state index in [0.29, 0.717) is 6.04 Å². The summed E-state index contributed by atoms with van der Waals surface area (Å²) < 4.78 is 6.74. The zero-order valence-corrected chi connectivity index (χ0v) is 16.1. The van der Waals surface area contributed by atoms with Gasteiger partial charge >= 0.3 is 0 Å². The van der Waals surface area contributed by atoms with E-state index in [-0.39, 0.29) is 12.4 Å². The highest BCUT2D eigenvalue weighted by molar-refractivity contribution is 9.10. The molecule has 0 saturated carbocycles. The molecule has 3 nitrogen and oxygen atoms in total. The highest BCUT2D eigenvalue weighted by Crippen LogP contribution is 2.22. The van der Waals surface area contributed by atoms with E-state index in [9.17, 15) is 0 Å². The van der Waals surface area contributed by atoms with Gasteiger partial charge in [0, 0.05) is 36.8 Å². The highest BCUT2D eigenvalue weighted by Gasteiger charge is 2.25. The van der Waals surface area contributed by atoms with Gasteiger partial charge in [0.1, 0.15) is 0 Å². The molecule has 130 valence electrons. The van der Waals surface area contributed by atoms with Gasteiger partial charge in [-0.3, -0.25) is 4.90 Å². The summed E-state index contributed by atoms with van der Waals surface area (Å²) in [5.41, 5.74) is 1.41. The molecule has 2 saturated heterocycles. The van der Waals surface area contributed by atoms with Gasteiger partial charge in [0.05, 0.1) is 0 Å². The van der Waals surface area contributed by atoms with Crippen LogP contribution in [0.3, 0.4) is 0 Å². The molecule has 0 aliphatic carbocycles. The molecule has 2 aliphatic heterocycles. The van der Waals surface area contributed by atoms with E-state index in [1.807, 2.05) is 0 Å². The van der Waals surface area contributed by atoms with Crippen molar-refractivity contribution in [2.45, 2.75) is 38.3 Å². The molecule has 1 atom stereocenters. The predicted molar refractivity (Wildman–Crippen MR) is 101 cm³/mol. The number of benzene rings is 1. The summed E-state index contributed by atoms with van der Waals surface area (Å²) in [6, 6.07) is 9.42. The molecule has 0 amide bonds. The lowest BCUT2D eigenvalue weighted by Gasteiger charge is -2.37. The van der Waals surface area contributed by atoms with Gasteiger partial charge in [-0.05, 0) is 62.4 Å². The fraction of sp³-hybridized carbons (Fsp3) is 0.667. The van der Waals surface area contributed by atoms with Crippen molar-refractivity contribution in [1.82, 2.24) is 10.2 Å². The van der Waals surface area contributed by atoms with Crippen LogP contribution in [-0.4, -0.2) is 43.8 Å². The van der Waals surface area contributed by atoms with Crippen molar-refractivity contribution >= 4 is 28.3 Å². The molecule has 1 aromatic rings. The van der Waals surface area contributed by atoms with Crippen LogP contribution in [0, 0.1) is 5.92 Å². The normalized spacial score (nSPS) is 22.8. The lowest BCUT2D eigenvalue weighted by molar-refractivity contribution is 0.0234. The van der Waals surface area contributed by atoms with Crippen LogP contribution in [0.25, 0.3) is 0 Å². The Morgan fingerprint density at radius 2 is 2.04 bits per heavy atom. The van der Waals surface area contributed by atoms with Gasteiger partial charge in [0.15, 0.2) is 0 Å². The summed E-state index contributed by atoms with van der Waals surface area (Å²) >= 11 is 3.60. The molecule has 1 N–H and O–H groups in total. The summed E-state index contributed by atoms with van der Waals surface area (Å²) in [7, 11) is 0. The monoisotopic (exact) mass is 402 g/mol. The highest BCUT2D eigenvalue weighted by atomic mass is 79.9. The summed E-state index contributed by atoms with van der Waals surface area (Å²) in [4.78, 5) is 2.71. The van der Waals surface area contributed by atoms with Crippen molar-refractivity contribution in [3.63, 3.8) is 0 Å². The van der Waals surface area contributed by atoms with Crippen LogP contribution >= 0.6 is 28.3 Å². The number of rotatable bonds is 5. The Bertz CT molecular complexity index is 462. The number of hydrogen-bond donors (Lipinski definition) is 1. The van der Waals surface area contributed by atoms with E-state index in [1.165, 1.54) is 55.4 Å². The molecule has 0 aromatic heterocycles. The van der Waals surface area contributed by atoms with Crippen LogP contribution in [-0.2, 0) is 11.3 Å². The Morgan fingerprint density at radius 3 is 2.74 bits per heavy atom. The Hall–Kier alpha value is -0.130. The Morgan fingerprint density at radius 1 is 1.22 bits per heavy atom. The van der Waals surface area contributed by atoms with E-state index in [4.69, 9.17) is 4.74 Å². The summed E-state index contributed by atoms with van der Waals surface area (Å²) in [5, 5.41) is 3.56. The number of nitrogens with zero attached hydrogens (tertiary/aromatic N) is 1. The SMILES string of the molecule is Brc1cccc(CN(CC2CCCNC2)C2CCOCC2)c1.Cl. The Kier molecular flexibility index (Phi) is 8.34. The first-order valence-electron chi connectivity index (χ1n) is 8.58. The second kappa shape index (κ2) is 10.00. The number of piperidine rings is 1. The van der Waals surface area contributed by atoms with Gasteiger partial charge in [0.25, 0.3) is 0 Å². The summed E-state index contributed by atoms with van der Waals surface area (Å²) in [6.45, 7) is 6.48. The van der Waals surface area contributed by atoms with Crippen LogP contribution in [0.2, 0.25) is 0 Å². The molecule has 1 unspecified atom stereocenters. The first kappa shape index (κ1) is 19.2. The minimum Gasteiger partial charge on any atom is -0.381 e. The second-order valence-electron chi connectivity index (χ2n) is 6.62. The summed E-state index contributed by atoms with van der Waals surface area (Å²) in [6.07, 6.45) is 5.04. The van der Waals surface area contributed by atoms with Crippen LogP contribution in [0.15, 0.2) is 28.7 Å².